The monoisotopic (exact) mass is 314 g/mol. The lowest BCUT2D eigenvalue weighted by atomic mass is 10.2. The average Bonchev–Trinajstić information content (AvgIpc) is 2.83. The van der Waals surface area contributed by atoms with Crippen LogP contribution in [0.3, 0.4) is 0 Å². The molecule has 0 aliphatic carbocycles. The van der Waals surface area contributed by atoms with E-state index in [1.165, 1.54) is 6.33 Å². The van der Waals surface area contributed by atoms with E-state index in [1.54, 1.807) is 35.9 Å². The Kier molecular flexibility index (Phi) is 4.74. The second kappa shape index (κ2) is 6.34. The topological polar surface area (TPSA) is 76.9 Å². The molecule has 0 saturated carbocycles. The molecule has 20 heavy (non-hydrogen) atoms. The average molecular weight is 315 g/mol. The summed E-state index contributed by atoms with van der Waals surface area (Å²) in [6, 6.07) is 6.67. The Morgan fingerprint density at radius 2 is 2.00 bits per heavy atom. The van der Waals surface area contributed by atoms with Crippen molar-refractivity contribution in [2.24, 2.45) is 7.05 Å². The minimum absolute atomic E-state index is 0.0995. The first-order chi connectivity index (χ1) is 9.53. The Balaban J connectivity index is 2.08. The van der Waals surface area contributed by atoms with Gasteiger partial charge in [-0.15, -0.1) is 21.8 Å². The number of halogens is 1. The largest absolute Gasteiger partial charge is 0.320 e. The molecule has 0 unspecified atom stereocenters. The molecule has 2 rings (SSSR count). The fraction of sp³-hybridized carbons (Fsp3) is 0.333. The maximum Gasteiger partial charge on any atom is 0.240 e. The van der Waals surface area contributed by atoms with E-state index in [9.17, 15) is 8.42 Å². The summed E-state index contributed by atoms with van der Waals surface area (Å²) in [5, 5.41) is 7.52. The Bertz CT molecular complexity index is 667. The minimum Gasteiger partial charge on any atom is -0.320 e. The number of hydrogen-bond acceptors (Lipinski definition) is 4. The van der Waals surface area contributed by atoms with Gasteiger partial charge >= 0.3 is 0 Å². The molecule has 0 radical (unpaired) electrons. The summed E-state index contributed by atoms with van der Waals surface area (Å²) in [5.41, 5.74) is 1.01. The molecule has 2 aromatic rings. The van der Waals surface area contributed by atoms with Gasteiger partial charge in [0, 0.05) is 12.9 Å². The van der Waals surface area contributed by atoms with Crippen LogP contribution in [-0.4, -0.2) is 29.1 Å². The third-order valence-corrected chi connectivity index (χ3v) is 4.45. The van der Waals surface area contributed by atoms with Gasteiger partial charge in [-0.1, -0.05) is 12.1 Å². The van der Waals surface area contributed by atoms with Crippen LogP contribution in [0.15, 0.2) is 35.5 Å². The van der Waals surface area contributed by atoms with Crippen molar-refractivity contribution >= 4 is 21.6 Å². The van der Waals surface area contributed by atoms with Crippen LogP contribution in [0.2, 0.25) is 0 Å². The van der Waals surface area contributed by atoms with Crippen molar-refractivity contribution in [3.05, 3.63) is 42.0 Å². The van der Waals surface area contributed by atoms with Crippen LogP contribution < -0.4 is 4.72 Å². The summed E-state index contributed by atoms with van der Waals surface area (Å²) in [5.74, 6) is 1.06. The second-order valence-electron chi connectivity index (χ2n) is 4.27. The van der Waals surface area contributed by atoms with Crippen molar-refractivity contribution < 1.29 is 8.42 Å². The number of benzene rings is 1. The van der Waals surface area contributed by atoms with E-state index in [0.29, 0.717) is 18.1 Å². The lowest BCUT2D eigenvalue weighted by Crippen LogP contribution is -2.24. The van der Waals surface area contributed by atoms with Gasteiger partial charge in [-0.3, -0.25) is 0 Å². The van der Waals surface area contributed by atoms with Gasteiger partial charge in [0.15, 0.2) is 0 Å². The van der Waals surface area contributed by atoms with Crippen molar-refractivity contribution in [1.82, 2.24) is 19.5 Å². The minimum atomic E-state index is -3.55. The van der Waals surface area contributed by atoms with Crippen molar-refractivity contribution in [2.75, 3.05) is 5.88 Å². The van der Waals surface area contributed by atoms with Gasteiger partial charge in [0.2, 0.25) is 10.0 Å². The molecule has 0 aliphatic rings. The lowest BCUT2D eigenvalue weighted by Gasteiger charge is -2.07. The van der Waals surface area contributed by atoms with Crippen LogP contribution in [-0.2, 0) is 30.0 Å². The molecule has 6 nitrogen and oxygen atoms in total. The molecule has 108 valence electrons. The molecule has 0 amide bonds. The summed E-state index contributed by atoms with van der Waals surface area (Å²) >= 11 is 5.64. The highest BCUT2D eigenvalue weighted by molar-refractivity contribution is 7.89. The van der Waals surface area contributed by atoms with Crippen molar-refractivity contribution in [3.8, 4) is 0 Å². The molecular weight excluding hydrogens is 300 g/mol. The standard InChI is InChI=1S/C12H15ClN4O2S/c1-17-9-14-16-12(17)8-15-20(18,19)11-4-2-10(3-5-11)6-7-13/h2-5,9,15H,6-8H2,1H3. The number of hydrogen-bond donors (Lipinski definition) is 1. The highest BCUT2D eigenvalue weighted by Crippen LogP contribution is 2.11. The molecule has 1 aromatic carbocycles. The summed E-state index contributed by atoms with van der Waals surface area (Å²) in [7, 11) is -1.79. The Morgan fingerprint density at radius 1 is 1.30 bits per heavy atom. The normalized spacial score (nSPS) is 11.7. The van der Waals surface area contributed by atoms with Gasteiger partial charge in [0.1, 0.15) is 12.2 Å². The van der Waals surface area contributed by atoms with E-state index in [2.05, 4.69) is 14.9 Å². The SMILES string of the molecule is Cn1cnnc1CNS(=O)(=O)c1ccc(CCCl)cc1. The van der Waals surface area contributed by atoms with E-state index < -0.39 is 10.0 Å². The zero-order valence-electron chi connectivity index (χ0n) is 11.0. The number of nitrogens with one attached hydrogen (secondary N) is 1. The number of aromatic nitrogens is 3. The highest BCUT2D eigenvalue weighted by atomic mass is 35.5. The summed E-state index contributed by atoms with van der Waals surface area (Å²) in [6.45, 7) is 0.0995. The Morgan fingerprint density at radius 3 is 2.55 bits per heavy atom. The van der Waals surface area contributed by atoms with Crippen molar-refractivity contribution in [3.63, 3.8) is 0 Å². The fourth-order valence-corrected chi connectivity index (χ4v) is 2.85. The summed E-state index contributed by atoms with van der Waals surface area (Å²) in [4.78, 5) is 0.220. The highest BCUT2D eigenvalue weighted by Gasteiger charge is 2.14. The van der Waals surface area contributed by atoms with Gasteiger partial charge in [0.05, 0.1) is 11.4 Å². The van der Waals surface area contributed by atoms with Gasteiger partial charge in [-0.05, 0) is 24.1 Å². The first kappa shape index (κ1) is 15.0. The molecule has 1 aromatic heterocycles. The van der Waals surface area contributed by atoms with E-state index in [0.717, 1.165) is 5.56 Å². The second-order valence-corrected chi connectivity index (χ2v) is 6.41. The van der Waals surface area contributed by atoms with Gasteiger partial charge in [-0.25, -0.2) is 13.1 Å². The predicted molar refractivity (Wildman–Crippen MR) is 75.9 cm³/mol. The molecule has 0 bridgehead atoms. The van der Waals surface area contributed by atoms with Crippen LogP contribution >= 0.6 is 11.6 Å². The molecule has 1 heterocycles. The summed E-state index contributed by atoms with van der Waals surface area (Å²) in [6.07, 6.45) is 2.23. The van der Waals surface area contributed by atoms with E-state index in [-0.39, 0.29) is 11.4 Å². The third kappa shape index (κ3) is 3.56. The smallest absolute Gasteiger partial charge is 0.240 e. The molecule has 0 aliphatic heterocycles. The Hall–Kier alpha value is -1.44. The zero-order chi connectivity index (χ0) is 14.6. The van der Waals surface area contributed by atoms with Crippen LogP contribution in [0, 0.1) is 0 Å². The van der Waals surface area contributed by atoms with Gasteiger partial charge < -0.3 is 4.57 Å². The molecule has 0 fully saturated rings. The third-order valence-electron chi connectivity index (χ3n) is 2.84. The number of sulfonamides is 1. The maximum absolute atomic E-state index is 12.1. The van der Waals surface area contributed by atoms with Crippen LogP contribution in [0.4, 0.5) is 0 Å². The quantitative estimate of drug-likeness (QED) is 0.809. The van der Waals surface area contributed by atoms with Crippen LogP contribution in [0.5, 0.6) is 0 Å². The molecule has 1 N–H and O–H groups in total. The number of nitrogens with zero attached hydrogens (tertiary/aromatic N) is 3. The van der Waals surface area contributed by atoms with Crippen molar-refractivity contribution in [2.45, 2.75) is 17.9 Å². The number of aryl methyl sites for hydroxylation is 2. The van der Waals surface area contributed by atoms with E-state index in [1.807, 2.05) is 0 Å². The molecule has 0 saturated heterocycles. The maximum atomic E-state index is 12.1. The summed E-state index contributed by atoms with van der Waals surface area (Å²) < 4.78 is 28.4. The first-order valence-corrected chi connectivity index (χ1v) is 8.02. The first-order valence-electron chi connectivity index (χ1n) is 6.00. The molecule has 8 heteroatoms. The molecule has 0 atom stereocenters. The molecule has 0 spiro atoms. The number of rotatable bonds is 6. The van der Waals surface area contributed by atoms with Crippen LogP contribution in [0.1, 0.15) is 11.4 Å². The Labute approximate surface area is 122 Å². The zero-order valence-corrected chi connectivity index (χ0v) is 12.5. The van der Waals surface area contributed by atoms with Gasteiger partial charge in [0.25, 0.3) is 0 Å². The molecular formula is C12H15ClN4O2S. The fourth-order valence-electron chi connectivity index (χ4n) is 1.65. The number of alkyl halides is 1. The van der Waals surface area contributed by atoms with E-state index in [4.69, 9.17) is 11.6 Å². The predicted octanol–water partition coefficient (Wildman–Crippen LogP) is 1.07. The van der Waals surface area contributed by atoms with Crippen molar-refractivity contribution in [1.29, 1.82) is 0 Å². The lowest BCUT2D eigenvalue weighted by molar-refractivity contribution is 0.577. The van der Waals surface area contributed by atoms with Gasteiger partial charge in [-0.2, -0.15) is 0 Å². The van der Waals surface area contributed by atoms with E-state index >= 15 is 0 Å². The van der Waals surface area contributed by atoms with Crippen LogP contribution in [0.25, 0.3) is 0 Å².